The second kappa shape index (κ2) is 5.42. The van der Waals surface area contributed by atoms with Crippen LogP contribution in [-0.4, -0.2) is 64.3 Å². The zero-order valence-corrected chi connectivity index (χ0v) is 7.98. The maximum absolute atomic E-state index is 9.44. The van der Waals surface area contributed by atoms with Gasteiger partial charge in [-0.1, -0.05) is 5.92 Å². The molecule has 1 rings (SSSR count). The third-order valence-electron chi connectivity index (χ3n) is 2.18. The van der Waals surface area contributed by atoms with Crippen molar-refractivity contribution < 1.29 is 29.9 Å². The number of aliphatic hydroxyl groups is 4. The van der Waals surface area contributed by atoms with Gasteiger partial charge in [0.15, 0.2) is 6.29 Å². The summed E-state index contributed by atoms with van der Waals surface area (Å²) in [6, 6.07) is 0. The first-order chi connectivity index (χ1) is 7.11. The van der Waals surface area contributed by atoms with Crippen LogP contribution in [0.4, 0.5) is 0 Å². The Morgan fingerprint density at radius 2 is 1.87 bits per heavy atom. The van der Waals surface area contributed by atoms with Crippen LogP contribution in [0.25, 0.3) is 0 Å². The molecule has 1 saturated heterocycles. The van der Waals surface area contributed by atoms with Crippen molar-refractivity contribution in [3.63, 3.8) is 0 Å². The molecule has 0 aromatic rings. The molecule has 1 fully saturated rings. The third-order valence-corrected chi connectivity index (χ3v) is 2.18. The third kappa shape index (κ3) is 2.66. The van der Waals surface area contributed by atoms with E-state index in [0.29, 0.717) is 0 Å². The average Bonchev–Trinajstić information content (AvgIpc) is 2.25. The van der Waals surface area contributed by atoms with Crippen molar-refractivity contribution in [1.82, 2.24) is 0 Å². The zero-order chi connectivity index (χ0) is 11.4. The minimum absolute atomic E-state index is 0.0946. The summed E-state index contributed by atoms with van der Waals surface area (Å²) < 4.78 is 9.91. The number of terminal acetylenes is 1. The molecule has 0 spiro atoms. The first-order valence-electron chi connectivity index (χ1n) is 4.47. The van der Waals surface area contributed by atoms with Crippen LogP contribution in [0, 0.1) is 12.3 Å². The van der Waals surface area contributed by atoms with E-state index < -0.39 is 37.3 Å². The Bertz CT molecular complexity index is 235. The number of hydrogen-bond acceptors (Lipinski definition) is 6. The minimum atomic E-state index is -1.43. The van der Waals surface area contributed by atoms with Gasteiger partial charge in [0.1, 0.15) is 31.0 Å². The molecule has 0 amide bonds. The van der Waals surface area contributed by atoms with Gasteiger partial charge < -0.3 is 29.9 Å². The highest BCUT2D eigenvalue weighted by atomic mass is 16.7. The fraction of sp³-hybridized carbons (Fsp3) is 0.778. The van der Waals surface area contributed by atoms with Crippen LogP contribution < -0.4 is 0 Å². The Morgan fingerprint density at radius 3 is 2.40 bits per heavy atom. The Labute approximate surface area is 87.1 Å². The Kier molecular flexibility index (Phi) is 4.47. The van der Waals surface area contributed by atoms with E-state index in [1.807, 2.05) is 0 Å². The lowest BCUT2D eigenvalue weighted by molar-refractivity contribution is -0.298. The van der Waals surface area contributed by atoms with Crippen molar-refractivity contribution in [3.8, 4) is 12.3 Å². The predicted octanol–water partition coefficient (Wildman–Crippen LogP) is -2.56. The molecule has 1 aliphatic rings. The molecule has 1 unspecified atom stereocenters. The van der Waals surface area contributed by atoms with Gasteiger partial charge in [0.25, 0.3) is 0 Å². The van der Waals surface area contributed by atoms with Gasteiger partial charge in [-0.2, -0.15) is 0 Å². The molecule has 1 heterocycles. The summed E-state index contributed by atoms with van der Waals surface area (Å²) in [4.78, 5) is 0. The molecular formula is C9H14O6. The quantitative estimate of drug-likeness (QED) is 0.389. The first-order valence-corrected chi connectivity index (χ1v) is 4.47. The van der Waals surface area contributed by atoms with Gasteiger partial charge in [0.05, 0.1) is 6.61 Å². The summed E-state index contributed by atoms with van der Waals surface area (Å²) in [5, 5.41) is 37.0. The normalized spacial score (nSPS) is 41.1. The van der Waals surface area contributed by atoms with Gasteiger partial charge in [-0.15, -0.1) is 6.42 Å². The molecule has 4 N–H and O–H groups in total. The lowest BCUT2D eigenvalue weighted by atomic mass is 9.99. The van der Waals surface area contributed by atoms with Crippen molar-refractivity contribution >= 4 is 0 Å². The second-order valence-electron chi connectivity index (χ2n) is 3.21. The fourth-order valence-electron chi connectivity index (χ4n) is 1.34. The number of hydrogen-bond donors (Lipinski definition) is 4. The summed E-state index contributed by atoms with van der Waals surface area (Å²) in [5.74, 6) is 2.17. The summed E-state index contributed by atoms with van der Waals surface area (Å²) in [7, 11) is 0. The summed E-state index contributed by atoms with van der Waals surface area (Å²) in [5.41, 5.74) is 0. The highest BCUT2D eigenvalue weighted by molar-refractivity contribution is 4.90. The van der Waals surface area contributed by atoms with Gasteiger partial charge >= 0.3 is 0 Å². The highest BCUT2D eigenvalue weighted by Gasteiger charge is 2.43. The fourth-order valence-corrected chi connectivity index (χ4v) is 1.34. The summed E-state index contributed by atoms with van der Waals surface area (Å²) in [6.07, 6.45) is -1.36. The van der Waals surface area contributed by atoms with Crippen molar-refractivity contribution in [2.75, 3.05) is 13.2 Å². The Hall–Kier alpha value is -0.680. The van der Waals surface area contributed by atoms with Crippen molar-refractivity contribution in [1.29, 1.82) is 0 Å². The standard InChI is InChI=1S/C9H14O6/c1-2-3-14-9-8(13)7(12)6(11)5(4-10)15-9/h1,5-13H,3-4H2/t5-,6+,7-,8-,9?/m1/s1. The van der Waals surface area contributed by atoms with E-state index in [0.717, 1.165) is 0 Å². The van der Waals surface area contributed by atoms with E-state index in [1.54, 1.807) is 0 Å². The van der Waals surface area contributed by atoms with Crippen LogP contribution in [-0.2, 0) is 9.47 Å². The van der Waals surface area contributed by atoms with Crippen LogP contribution in [0.15, 0.2) is 0 Å². The van der Waals surface area contributed by atoms with Crippen LogP contribution in [0.5, 0.6) is 0 Å². The molecule has 0 bridgehead atoms. The van der Waals surface area contributed by atoms with Crippen LogP contribution in [0.3, 0.4) is 0 Å². The van der Waals surface area contributed by atoms with Crippen LogP contribution in [0.1, 0.15) is 0 Å². The molecule has 15 heavy (non-hydrogen) atoms. The summed E-state index contributed by atoms with van der Waals surface area (Å²) >= 11 is 0. The number of ether oxygens (including phenoxy) is 2. The second-order valence-corrected chi connectivity index (χ2v) is 3.21. The van der Waals surface area contributed by atoms with Gasteiger partial charge in [-0.3, -0.25) is 0 Å². The highest BCUT2D eigenvalue weighted by Crippen LogP contribution is 2.21. The van der Waals surface area contributed by atoms with E-state index >= 15 is 0 Å². The van der Waals surface area contributed by atoms with Crippen molar-refractivity contribution in [2.24, 2.45) is 0 Å². The topological polar surface area (TPSA) is 99.4 Å². The van der Waals surface area contributed by atoms with E-state index in [-0.39, 0.29) is 6.61 Å². The van der Waals surface area contributed by atoms with Crippen molar-refractivity contribution in [3.05, 3.63) is 0 Å². The summed E-state index contributed by atoms with van der Waals surface area (Å²) in [6.45, 7) is -0.580. The lowest BCUT2D eigenvalue weighted by Crippen LogP contribution is -2.59. The zero-order valence-electron chi connectivity index (χ0n) is 7.98. The van der Waals surface area contributed by atoms with Gasteiger partial charge in [-0.05, 0) is 0 Å². The van der Waals surface area contributed by atoms with Crippen molar-refractivity contribution in [2.45, 2.75) is 30.7 Å². The van der Waals surface area contributed by atoms with E-state index in [9.17, 15) is 15.3 Å². The molecule has 0 aromatic carbocycles. The van der Waals surface area contributed by atoms with Gasteiger partial charge in [-0.25, -0.2) is 0 Å². The van der Waals surface area contributed by atoms with E-state index in [1.165, 1.54) is 0 Å². The average molecular weight is 218 g/mol. The smallest absolute Gasteiger partial charge is 0.187 e. The van der Waals surface area contributed by atoms with Gasteiger partial charge in [0.2, 0.25) is 0 Å². The van der Waals surface area contributed by atoms with E-state index in [4.69, 9.17) is 21.0 Å². The largest absolute Gasteiger partial charge is 0.394 e. The van der Waals surface area contributed by atoms with Crippen LogP contribution in [0.2, 0.25) is 0 Å². The molecule has 5 atom stereocenters. The minimum Gasteiger partial charge on any atom is -0.394 e. The molecule has 0 aliphatic carbocycles. The molecule has 6 nitrogen and oxygen atoms in total. The van der Waals surface area contributed by atoms with E-state index in [2.05, 4.69) is 5.92 Å². The van der Waals surface area contributed by atoms with Gasteiger partial charge in [0, 0.05) is 0 Å². The Balaban J connectivity index is 2.62. The maximum atomic E-state index is 9.44. The molecule has 0 radical (unpaired) electrons. The molecular weight excluding hydrogens is 204 g/mol. The molecule has 86 valence electrons. The molecule has 0 saturated carbocycles. The number of rotatable bonds is 3. The first kappa shape index (κ1) is 12.4. The Morgan fingerprint density at radius 1 is 1.20 bits per heavy atom. The SMILES string of the molecule is C#CCOC1O[C@H](CO)[C@H](O)[C@@H](O)[C@H]1O. The van der Waals surface area contributed by atoms with Crippen LogP contribution >= 0.6 is 0 Å². The molecule has 0 aromatic heterocycles. The monoisotopic (exact) mass is 218 g/mol. The molecule has 1 aliphatic heterocycles. The maximum Gasteiger partial charge on any atom is 0.187 e. The number of aliphatic hydroxyl groups excluding tert-OH is 4. The lowest BCUT2D eigenvalue weighted by Gasteiger charge is -2.39. The molecule has 6 heteroatoms. The predicted molar refractivity (Wildman–Crippen MR) is 48.6 cm³/mol.